The van der Waals surface area contributed by atoms with Gasteiger partial charge in [0.1, 0.15) is 0 Å². The maximum atomic E-state index is 10.6. The van der Waals surface area contributed by atoms with Crippen molar-refractivity contribution in [1.82, 2.24) is 9.55 Å². The molecule has 2 aromatic rings. The molecule has 0 bridgehead atoms. The summed E-state index contributed by atoms with van der Waals surface area (Å²) in [4.78, 5) is 13.5. The molecule has 1 N–H and O–H groups in total. The van der Waals surface area contributed by atoms with Gasteiger partial charge in [0.25, 0.3) is 0 Å². The van der Waals surface area contributed by atoms with E-state index < -0.39 is 0 Å². The number of nitrogens with one attached hydrogen (secondary N) is 1. The minimum absolute atomic E-state index is 0.436. The number of hydrogen-bond acceptors (Lipinski definition) is 2. The number of carbonyl (C=O) groups excluding carboxylic acids is 1. The Kier molecular flexibility index (Phi) is 1.55. The molecule has 0 saturated carbocycles. The summed E-state index contributed by atoms with van der Waals surface area (Å²) in [5.41, 5.74) is 1.70. The van der Waals surface area contributed by atoms with Crippen molar-refractivity contribution in [2.75, 3.05) is 0 Å². The number of H-pyrrole nitrogens is 1. The zero-order valence-corrected chi connectivity index (χ0v) is 6.97. The zero-order valence-electron chi connectivity index (χ0n) is 6.15. The van der Waals surface area contributed by atoms with Crippen LogP contribution in [0.25, 0.3) is 11.0 Å². The Morgan fingerprint density at radius 2 is 2.17 bits per heavy atom. The van der Waals surface area contributed by atoms with Crippen molar-refractivity contribution in [1.29, 1.82) is 0 Å². The topological polar surface area (TPSA) is 37.8 Å². The fourth-order valence-corrected chi connectivity index (χ4v) is 1.43. The lowest BCUT2D eigenvalue weighted by atomic mass is 10.3. The van der Waals surface area contributed by atoms with Crippen molar-refractivity contribution in [3.8, 4) is 0 Å². The third kappa shape index (κ3) is 0.887. The van der Waals surface area contributed by atoms with Crippen molar-refractivity contribution in [3.63, 3.8) is 0 Å². The van der Waals surface area contributed by atoms with Crippen LogP contribution in [0.4, 0.5) is 0 Å². The molecule has 60 valence electrons. The first-order chi connectivity index (χ1) is 5.83. The molecule has 0 spiro atoms. The molecule has 12 heavy (non-hydrogen) atoms. The van der Waals surface area contributed by atoms with Gasteiger partial charge in [0.2, 0.25) is 6.41 Å². The van der Waals surface area contributed by atoms with Crippen LogP contribution in [-0.2, 0) is 4.79 Å². The van der Waals surface area contributed by atoms with Crippen LogP contribution in [-0.4, -0.2) is 16.0 Å². The van der Waals surface area contributed by atoms with E-state index in [1.807, 2.05) is 24.3 Å². The minimum Gasteiger partial charge on any atom is -0.330 e. The van der Waals surface area contributed by atoms with Crippen molar-refractivity contribution >= 4 is 29.7 Å². The Labute approximate surface area is 73.6 Å². The second kappa shape index (κ2) is 2.57. The molecular weight excluding hydrogens is 172 g/mol. The summed E-state index contributed by atoms with van der Waals surface area (Å²) in [6.45, 7) is 0. The van der Waals surface area contributed by atoms with E-state index in [2.05, 4.69) is 4.98 Å². The second-order valence-corrected chi connectivity index (χ2v) is 2.81. The van der Waals surface area contributed by atoms with Crippen LogP contribution >= 0.6 is 12.2 Å². The van der Waals surface area contributed by atoms with E-state index in [-0.39, 0.29) is 0 Å². The van der Waals surface area contributed by atoms with Crippen LogP contribution in [0, 0.1) is 4.77 Å². The van der Waals surface area contributed by atoms with Gasteiger partial charge in [-0.25, -0.2) is 0 Å². The van der Waals surface area contributed by atoms with E-state index in [0.717, 1.165) is 11.0 Å². The third-order valence-corrected chi connectivity index (χ3v) is 2.03. The Hall–Kier alpha value is -1.42. The molecule has 4 heteroatoms. The van der Waals surface area contributed by atoms with Gasteiger partial charge in [0.05, 0.1) is 11.0 Å². The number of nitrogens with zero attached hydrogens (tertiary/aromatic N) is 1. The Morgan fingerprint density at radius 1 is 1.42 bits per heavy atom. The van der Waals surface area contributed by atoms with Gasteiger partial charge in [0.15, 0.2) is 4.77 Å². The molecular formula is C8H6N2OS. The summed E-state index contributed by atoms with van der Waals surface area (Å²) in [6, 6.07) is 7.48. The highest BCUT2D eigenvalue weighted by Crippen LogP contribution is 2.10. The predicted molar refractivity (Wildman–Crippen MR) is 49.3 cm³/mol. The van der Waals surface area contributed by atoms with Crippen LogP contribution in [0.5, 0.6) is 0 Å². The number of aromatic nitrogens is 2. The smallest absolute Gasteiger partial charge is 0.220 e. The number of carbonyl (C=O) groups is 1. The molecule has 3 nitrogen and oxygen atoms in total. The average molecular weight is 178 g/mol. The summed E-state index contributed by atoms with van der Waals surface area (Å²) in [7, 11) is 0. The van der Waals surface area contributed by atoms with Crippen LogP contribution < -0.4 is 0 Å². The Morgan fingerprint density at radius 3 is 2.92 bits per heavy atom. The lowest BCUT2D eigenvalue weighted by Crippen LogP contribution is -1.92. The molecule has 1 aromatic heterocycles. The second-order valence-electron chi connectivity index (χ2n) is 2.42. The van der Waals surface area contributed by atoms with Crippen LogP contribution in [0.1, 0.15) is 0 Å². The molecule has 0 aliphatic heterocycles. The number of para-hydroxylation sites is 2. The largest absolute Gasteiger partial charge is 0.330 e. The van der Waals surface area contributed by atoms with E-state index in [1.54, 1.807) is 0 Å². The van der Waals surface area contributed by atoms with Gasteiger partial charge in [0, 0.05) is 0 Å². The monoisotopic (exact) mass is 178 g/mol. The third-order valence-electron chi connectivity index (χ3n) is 1.73. The van der Waals surface area contributed by atoms with E-state index in [4.69, 9.17) is 12.2 Å². The first-order valence-electron chi connectivity index (χ1n) is 3.47. The van der Waals surface area contributed by atoms with Crippen molar-refractivity contribution in [2.24, 2.45) is 0 Å². The Bertz CT molecular complexity index is 483. The van der Waals surface area contributed by atoms with Gasteiger partial charge in [-0.3, -0.25) is 9.36 Å². The van der Waals surface area contributed by atoms with Gasteiger partial charge in [-0.15, -0.1) is 0 Å². The van der Waals surface area contributed by atoms with E-state index in [1.165, 1.54) is 4.57 Å². The fraction of sp³-hybridized carbons (Fsp3) is 0. The quantitative estimate of drug-likeness (QED) is 0.533. The fourth-order valence-electron chi connectivity index (χ4n) is 1.18. The zero-order chi connectivity index (χ0) is 8.55. The molecule has 0 aliphatic rings. The highest BCUT2D eigenvalue weighted by molar-refractivity contribution is 7.71. The van der Waals surface area contributed by atoms with Crippen molar-refractivity contribution < 1.29 is 4.79 Å². The number of imidazole rings is 1. The van der Waals surface area contributed by atoms with Crippen molar-refractivity contribution in [2.45, 2.75) is 0 Å². The first kappa shape index (κ1) is 7.24. The van der Waals surface area contributed by atoms with Crippen molar-refractivity contribution in [3.05, 3.63) is 29.0 Å². The molecule has 1 aromatic carbocycles. The summed E-state index contributed by atoms with van der Waals surface area (Å²) < 4.78 is 1.84. The number of benzene rings is 1. The highest BCUT2D eigenvalue weighted by atomic mass is 32.1. The molecule has 0 saturated heterocycles. The lowest BCUT2D eigenvalue weighted by molar-refractivity contribution is 0.548. The van der Waals surface area contributed by atoms with E-state index >= 15 is 0 Å². The van der Waals surface area contributed by atoms with Crippen LogP contribution in [0.15, 0.2) is 24.3 Å². The summed E-state index contributed by atoms with van der Waals surface area (Å²) in [6.07, 6.45) is 0.709. The van der Waals surface area contributed by atoms with Crippen LogP contribution in [0.3, 0.4) is 0 Å². The molecule has 0 radical (unpaired) electrons. The van der Waals surface area contributed by atoms with E-state index in [0.29, 0.717) is 11.2 Å². The summed E-state index contributed by atoms with van der Waals surface area (Å²) in [5, 5.41) is 0. The summed E-state index contributed by atoms with van der Waals surface area (Å²) in [5.74, 6) is 0. The van der Waals surface area contributed by atoms with Gasteiger partial charge in [-0.1, -0.05) is 12.1 Å². The predicted octanol–water partition coefficient (Wildman–Crippen LogP) is 1.74. The highest BCUT2D eigenvalue weighted by Gasteiger charge is 1.99. The SMILES string of the molecule is O=Cn1c(=S)[nH]c2ccccc21. The normalized spacial score (nSPS) is 10.3. The van der Waals surface area contributed by atoms with Gasteiger partial charge >= 0.3 is 0 Å². The molecule has 1 heterocycles. The number of hydrogen-bond donors (Lipinski definition) is 1. The molecule has 0 fully saturated rings. The van der Waals surface area contributed by atoms with Crippen LogP contribution in [0.2, 0.25) is 0 Å². The first-order valence-corrected chi connectivity index (χ1v) is 3.88. The molecule has 0 unspecified atom stereocenters. The maximum Gasteiger partial charge on any atom is 0.220 e. The van der Waals surface area contributed by atoms with Gasteiger partial charge in [-0.2, -0.15) is 0 Å². The molecule has 0 atom stereocenters. The molecule has 0 amide bonds. The lowest BCUT2D eigenvalue weighted by Gasteiger charge is -1.89. The van der Waals surface area contributed by atoms with Gasteiger partial charge < -0.3 is 4.98 Å². The number of aromatic amines is 1. The van der Waals surface area contributed by atoms with E-state index in [9.17, 15) is 4.79 Å². The average Bonchev–Trinajstić information content (AvgIpc) is 2.40. The summed E-state index contributed by atoms with van der Waals surface area (Å²) >= 11 is 4.93. The minimum atomic E-state index is 0.436. The maximum absolute atomic E-state index is 10.6. The molecule has 2 rings (SSSR count). The standard InChI is InChI=1S/C8H6N2OS/c11-5-10-7-4-2-1-3-6(7)9-8(10)12/h1-5H,(H,9,12). The van der Waals surface area contributed by atoms with Gasteiger partial charge in [-0.05, 0) is 24.4 Å². The number of rotatable bonds is 1. The number of fused-ring (bicyclic) bond motifs is 1. The molecule has 0 aliphatic carbocycles. The Balaban J connectivity index is 3.00.